The van der Waals surface area contributed by atoms with Crippen LogP contribution in [-0.4, -0.2) is 25.9 Å². The highest BCUT2D eigenvalue weighted by Gasteiger charge is 2.14. The first-order valence-corrected chi connectivity index (χ1v) is 6.40. The minimum atomic E-state index is -0.377. The summed E-state index contributed by atoms with van der Waals surface area (Å²) in [4.78, 5) is 12.0. The number of benzene rings is 1. The SMILES string of the molecule is Cn1nccc1-c1nnc(NC(=O)c2cccc(Cl)c2)o1. The van der Waals surface area contributed by atoms with E-state index in [4.69, 9.17) is 16.0 Å². The van der Waals surface area contributed by atoms with E-state index < -0.39 is 0 Å². The predicted molar refractivity (Wildman–Crippen MR) is 75.9 cm³/mol. The molecule has 0 saturated carbocycles. The molecule has 0 fully saturated rings. The maximum Gasteiger partial charge on any atom is 0.322 e. The fourth-order valence-corrected chi connectivity index (χ4v) is 1.95. The van der Waals surface area contributed by atoms with Crippen molar-refractivity contribution in [1.82, 2.24) is 20.0 Å². The third-order valence-corrected chi connectivity index (χ3v) is 3.01. The number of aromatic nitrogens is 4. The van der Waals surface area contributed by atoms with E-state index in [2.05, 4.69) is 20.6 Å². The molecule has 0 aliphatic rings. The van der Waals surface area contributed by atoms with Crippen molar-refractivity contribution in [2.75, 3.05) is 5.32 Å². The van der Waals surface area contributed by atoms with Crippen LogP contribution in [0.3, 0.4) is 0 Å². The van der Waals surface area contributed by atoms with Crippen LogP contribution in [0.15, 0.2) is 40.9 Å². The summed E-state index contributed by atoms with van der Waals surface area (Å²) in [6.45, 7) is 0. The molecule has 3 aromatic rings. The summed E-state index contributed by atoms with van der Waals surface area (Å²) in [6, 6.07) is 8.30. The van der Waals surface area contributed by atoms with Crippen LogP contribution in [0.25, 0.3) is 11.6 Å². The van der Waals surface area contributed by atoms with Crippen molar-refractivity contribution >= 4 is 23.5 Å². The van der Waals surface area contributed by atoms with Crippen molar-refractivity contribution in [2.45, 2.75) is 0 Å². The molecule has 0 bridgehead atoms. The summed E-state index contributed by atoms with van der Waals surface area (Å²) in [5.74, 6) is -0.103. The average molecular weight is 304 g/mol. The Morgan fingerprint density at radius 3 is 2.90 bits per heavy atom. The molecule has 0 unspecified atom stereocenters. The molecule has 3 rings (SSSR count). The van der Waals surface area contributed by atoms with Crippen LogP contribution >= 0.6 is 11.6 Å². The van der Waals surface area contributed by atoms with E-state index in [1.54, 1.807) is 48.3 Å². The number of nitrogens with zero attached hydrogens (tertiary/aromatic N) is 4. The Morgan fingerprint density at radius 1 is 1.33 bits per heavy atom. The van der Waals surface area contributed by atoms with Gasteiger partial charge in [0.1, 0.15) is 5.69 Å². The highest BCUT2D eigenvalue weighted by molar-refractivity contribution is 6.31. The van der Waals surface area contributed by atoms with Gasteiger partial charge in [-0.3, -0.25) is 14.8 Å². The quantitative estimate of drug-likeness (QED) is 0.803. The van der Waals surface area contributed by atoms with Gasteiger partial charge in [0.05, 0.1) is 0 Å². The molecule has 0 aliphatic heterocycles. The van der Waals surface area contributed by atoms with Gasteiger partial charge in [-0.2, -0.15) is 5.10 Å². The fourth-order valence-electron chi connectivity index (χ4n) is 1.76. The largest absolute Gasteiger partial charge is 0.401 e. The number of amides is 1. The number of rotatable bonds is 3. The molecule has 21 heavy (non-hydrogen) atoms. The summed E-state index contributed by atoms with van der Waals surface area (Å²) >= 11 is 5.84. The molecule has 2 aromatic heterocycles. The lowest BCUT2D eigenvalue weighted by atomic mass is 10.2. The summed E-state index contributed by atoms with van der Waals surface area (Å²) < 4.78 is 6.98. The molecule has 1 N–H and O–H groups in total. The number of hydrogen-bond acceptors (Lipinski definition) is 5. The fraction of sp³-hybridized carbons (Fsp3) is 0.0769. The van der Waals surface area contributed by atoms with Gasteiger partial charge in [-0.05, 0) is 24.3 Å². The third-order valence-electron chi connectivity index (χ3n) is 2.77. The molecular formula is C13H10ClN5O2. The summed E-state index contributed by atoms with van der Waals surface area (Å²) in [7, 11) is 1.75. The van der Waals surface area contributed by atoms with Crippen molar-refractivity contribution < 1.29 is 9.21 Å². The van der Waals surface area contributed by atoms with E-state index in [-0.39, 0.29) is 17.8 Å². The van der Waals surface area contributed by atoms with Gasteiger partial charge < -0.3 is 4.42 Å². The first-order chi connectivity index (χ1) is 10.1. The zero-order chi connectivity index (χ0) is 14.8. The maximum atomic E-state index is 12.0. The molecular weight excluding hydrogens is 294 g/mol. The first kappa shape index (κ1) is 13.3. The minimum Gasteiger partial charge on any atom is -0.401 e. The molecule has 0 atom stereocenters. The van der Waals surface area contributed by atoms with Gasteiger partial charge in [-0.15, -0.1) is 5.10 Å². The topological polar surface area (TPSA) is 85.8 Å². The molecule has 7 nitrogen and oxygen atoms in total. The molecule has 0 saturated heterocycles. The van der Waals surface area contributed by atoms with E-state index in [0.29, 0.717) is 16.3 Å². The molecule has 8 heteroatoms. The van der Waals surface area contributed by atoms with Crippen molar-refractivity contribution in [3.05, 3.63) is 47.1 Å². The molecule has 1 aromatic carbocycles. The summed E-state index contributed by atoms with van der Waals surface area (Å²) in [5, 5.41) is 14.6. The van der Waals surface area contributed by atoms with Gasteiger partial charge in [-0.25, -0.2) is 0 Å². The van der Waals surface area contributed by atoms with Crippen molar-refractivity contribution in [3.63, 3.8) is 0 Å². The Kier molecular flexibility index (Phi) is 3.41. The van der Waals surface area contributed by atoms with E-state index in [0.717, 1.165) is 0 Å². The van der Waals surface area contributed by atoms with Crippen LogP contribution in [0.1, 0.15) is 10.4 Å². The van der Waals surface area contributed by atoms with E-state index in [9.17, 15) is 4.79 Å². The second-order valence-corrected chi connectivity index (χ2v) is 4.65. The molecule has 0 aliphatic carbocycles. The van der Waals surface area contributed by atoms with E-state index >= 15 is 0 Å². The lowest BCUT2D eigenvalue weighted by molar-refractivity contribution is 0.102. The second kappa shape index (κ2) is 5.37. The molecule has 106 valence electrons. The second-order valence-electron chi connectivity index (χ2n) is 4.22. The molecule has 0 spiro atoms. The monoisotopic (exact) mass is 303 g/mol. The number of nitrogens with one attached hydrogen (secondary N) is 1. The first-order valence-electron chi connectivity index (χ1n) is 6.02. The minimum absolute atomic E-state index is 0.0103. The van der Waals surface area contributed by atoms with Gasteiger partial charge in [0.15, 0.2) is 0 Å². The zero-order valence-corrected chi connectivity index (χ0v) is 11.7. The van der Waals surface area contributed by atoms with Crippen LogP contribution in [-0.2, 0) is 7.05 Å². The van der Waals surface area contributed by atoms with Crippen molar-refractivity contribution in [3.8, 4) is 11.6 Å². The molecule has 1 amide bonds. The van der Waals surface area contributed by atoms with Crippen molar-refractivity contribution in [1.29, 1.82) is 0 Å². The van der Waals surface area contributed by atoms with Gasteiger partial charge in [0, 0.05) is 23.8 Å². The van der Waals surface area contributed by atoms with Gasteiger partial charge in [0.2, 0.25) is 0 Å². The van der Waals surface area contributed by atoms with Crippen LogP contribution in [0.2, 0.25) is 5.02 Å². The zero-order valence-electron chi connectivity index (χ0n) is 10.9. The number of hydrogen-bond donors (Lipinski definition) is 1. The lowest BCUT2D eigenvalue weighted by Crippen LogP contribution is -2.11. The molecule has 2 heterocycles. The number of anilines is 1. The molecule has 0 radical (unpaired) electrons. The lowest BCUT2D eigenvalue weighted by Gasteiger charge is -2.00. The smallest absolute Gasteiger partial charge is 0.322 e. The van der Waals surface area contributed by atoms with Crippen LogP contribution in [0.4, 0.5) is 6.01 Å². The third kappa shape index (κ3) is 2.77. The van der Waals surface area contributed by atoms with Crippen molar-refractivity contribution in [2.24, 2.45) is 7.05 Å². The summed E-state index contributed by atoms with van der Waals surface area (Å²) in [5.41, 5.74) is 1.06. The Balaban J connectivity index is 1.79. The number of carbonyl (C=O) groups is 1. The highest BCUT2D eigenvalue weighted by atomic mass is 35.5. The highest BCUT2D eigenvalue weighted by Crippen LogP contribution is 2.19. The number of aryl methyl sites for hydroxylation is 1. The Hall–Kier alpha value is -2.67. The van der Waals surface area contributed by atoms with E-state index in [1.165, 1.54) is 0 Å². The average Bonchev–Trinajstić information content (AvgIpc) is 3.07. The standard InChI is InChI=1S/C13H10ClN5O2/c1-19-10(5-6-15-19)12-17-18-13(21-12)16-11(20)8-3-2-4-9(14)7-8/h2-7H,1H3,(H,16,18,20). The maximum absolute atomic E-state index is 12.0. The Labute approximate surface area is 124 Å². The number of halogens is 1. The predicted octanol–water partition coefficient (Wildman–Crippen LogP) is 2.38. The van der Waals surface area contributed by atoms with E-state index in [1.807, 2.05) is 0 Å². The van der Waals surface area contributed by atoms with Gasteiger partial charge in [-0.1, -0.05) is 22.8 Å². The van der Waals surface area contributed by atoms with Gasteiger partial charge in [0.25, 0.3) is 11.8 Å². The number of carbonyl (C=O) groups excluding carboxylic acids is 1. The van der Waals surface area contributed by atoms with Crippen LogP contribution in [0, 0.1) is 0 Å². The van der Waals surface area contributed by atoms with Crippen LogP contribution in [0.5, 0.6) is 0 Å². The normalized spacial score (nSPS) is 10.6. The summed E-state index contributed by atoms with van der Waals surface area (Å²) in [6.07, 6.45) is 1.61. The Bertz CT molecular complexity index is 795. The van der Waals surface area contributed by atoms with Gasteiger partial charge >= 0.3 is 6.01 Å². The Morgan fingerprint density at radius 2 is 2.19 bits per heavy atom. The van der Waals surface area contributed by atoms with Crippen LogP contribution < -0.4 is 5.32 Å².